The van der Waals surface area contributed by atoms with E-state index in [4.69, 9.17) is 5.11 Å². The van der Waals surface area contributed by atoms with Crippen molar-refractivity contribution in [3.63, 3.8) is 0 Å². The maximum atomic E-state index is 13.8. The van der Waals surface area contributed by atoms with Gasteiger partial charge in [-0.1, -0.05) is 37.3 Å². The fourth-order valence-electron chi connectivity index (χ4n) is 2.78. The van der Waals surface area contributed by atoms with Crippen LogP contribution < -0.4 is 5.32 Å². The van der Waals surface area contributed by atoms with Gasteiger partial charge in [-0.2, -0.15) is 0 Å². The van der Waals surface area contributed by atoms with Gasteiger partial charge < -0.3 is 10.4 Å². The molecule has 2 unspecified atom stereocenters. The number of hydrogen-bond acceptors (Lipinski definition) is 3. The average Bonchev–Trinajstić information content (AvgIpc) is 2.61. The highest BCUT2D eigenvalue weighted by Gasteiger charge is 2.20. The van der Waals surface area contributed by atoms with Gasteiger partial charge in [-0.15, -0.1) is 11.8 Å². The smallest absolute Gasteiger partial charge is 0.305 e. The molecule has 0 bridgehead atoms. The molecule has 0 aliphatic rings. The molecule has 1 amide bonds. The van der Waals surface area contributed by atoms with E-state index in [-0.39, 0.29) is 30.5 Å². The van der Waals surface area contributed by atoms with Gasteiger partial charge in [0.2, 0.25) is 5.91 Å². The Morgan fingerprint density at radius 1 is 1.12 bits per heavy atom. The number of benzene rings is 2. The van der Waals surface area contributed by atoms with E-state index < -0.39 is 12.0 Å². The minimum atomic E-state index is -0.994. The largest absolute Gasteiger partial charge is 0.481 e. The summed E-state index contributed by atoms with van der Waals surface area (Å²) in [5, 5.41) is 11.9. The number of carboxylic acids is 1. The monoisotopic (exact) mass is 375 g/mol. The van der Waals surface area contributed by atoms with E-state index in [9.17, 15) is 14.0 Å². The molecule has 0 aliphatic heterocycles. The highest BCUT2D eigenvalue weighted by molar-refractivity contribution is 7.98. The van der Waals surface area contributed by atoms with E-state index in [0.717, 1.165) is 10.5 Å². The number of amides is 1. The Bertz CT molecular complexity index is 764. The van der Waals surface area contributed by atoms with Crippen LogP contribution in [0.3, 0.4) is 0 Å². The third-order valence-electron chi connectivity index (χ3n) is 4.16. The van der Waals surface area contributed by atoms with Gasteiger partial charge in [0, 0.05) is 11.3 Å². The Kier molecular flexibility index (Phi) is 7.21. The summed E-state index contributed by atoms with van der Waals surface area (Å²) in [7, 11) is 0. The molecule has 138 valence electrons. The molecule has 2 atom stereocenters. The summed E-state index contributed by atoms with van der Waals surface area (Å²) >= 11 is 1.59. The first kappa shape index (κ1) is 20.0. The molecule has 0 fully saturated rings. The molecular weight excluding hydrogens is 353 g/mol. The van der Waals surface area contributed by atoms with Gasteiger partial charge in [-0.05, 0) is 41.5 Å². The second-order valence-corrected chi connectivity index (χ2v) is 7.00. The molecule has 4 nitrogen and oxygen atoms in total. The summed E-state index contributed by atoms with van der Waals surface area (Å²) in [6.45, 7) is 1.78. The average molecular weight is 375 g/mol. The Balaban J connectivity index is 2.08. The summed E-state index contributed by atoms with van der Waals surface area (Å²) in [6.07, 6.45) is 1.83. The van der Waals surface area contributed by atoms with Crippen molar-refractivity contribution >= 4 is 23.6 Å². The lowest BCUT2D eigenvalue weighted by molar-refractivity contribution is -0.137. The molecule has 0 aliphatic carbocycles. The van der Waals surface area contributed by atoms with E-state index >= 15 is 0 Å². The van der Waals surface area contributed by atoms with Crippen molar-refractivity contribution in [3.8, 4) is 0 Å². The van der Waals surface area contributed by atoms with Gasteiger partial charge in [0.15, 0.2) is 0 Å². The minimum Gasteiger partial charge on any atom is -0.481 e. The van der Waals surface area contributed by atoms with Crippen LogP contribution in [-0.2, 0) is 9.59 Å². The first-order valence-corrected chi connectivity index (χ1v) is 9.52. The number of carbonyl (C=O) groups is 2. The number of carbonyl (C=O) groups excluding carboxylic acids is 1. The lowest BCUT2D eigenvalue weighted by atomic mass is 9.96. The standard InChI is InChI=1S/C20H22FNO3S/c1-13(16-5-3-4-6-17(16)21)11-19(23)22-18(12-20(24)25)14-7-9-15(26-2)10-8-14/h3-10,13,18H,11-12H2,1-2H3,(H,22,23)(H,24,25). The van der Waals surface area contributed by atoms with Crippen LogP contribution in [0.2, 0.25) is 0 Å². The predicted molar refractivity (Wildman–Crippen MR) is 101 cm³/mol. The van der Waals surface area contributed by atoms with Gasteiger partial charge in [-0.3, -0.25) is 9.59 Å². The summed E-state index contributed by atoms with van der Waals surface area (Å²) in [5.41, 5.74) is 1.21. The summed E-state index contributed by atoms with van der Waals surface area (Å²) in [6, 6.07) is 13.2. The summed E-state index contributed by atoms with van der Waals surface area (Å²) < 4.78 is 13.8. The molecule has 0 saturated carbocycles. The zero-order valence-electron chi connectivity index (χ0n) is 14.7. The van der Waals surface area contributed by atoms with Crippen LogP contribution in [-0.4, -0.2) is 23.2 Å². The Hall–Kier alpha value is -2.34. The number of aliphatic carboxylic acids is 1. The topological polar surface area (TPSA) is 66.4 Å². The van der Waals surface area contributed by atoms with Crippen LogP contribution >= 0.6 is 11.8 Å². The van der Waals surface area contributed by atoms with Crippen molar-refractivity contribution in [2.45, 2.75) is 36.6 Å². The number of rotatable bonds is 8. The lowest BCUT2D eigenvalue weighted by Crippen LogP contribution is -2.31. The van der Waals surface area contributed by atoms with Crippen LogP contribution in [0.1, 0.15) is 42.9 Å². The molecule has 2 aromatic rings. The first-order chi connectivity index (χ1) is 12.4. The fourth-order valence-corrected chi connectivity index (χ4v) is 3.19. The van der Waals surface area contributed by atoms with E-state index in [1.54, 1.807) is 36.9 Å². The van der Waals surface area contributed by atoms with Crippen molar-refractivity contribution in [1.82, 2.24) is 5.32 Å². The van der Waals surface area contributed by atoms with Crippen molar-refractivity contribution in [1.29, 1.82) is 0 Å². The molecule has 0 spiro atoms. The van der Waals surface area contributed by atoms with E-state index in [1.807, 2.05) is 30.5 Å². The fraction of sp³-hybridized carbons (Fsp3) is 0.300. The molecule has 0 heterocycles. The SMILES string of the molecule is CSc1ccc(C(CC(=O)O)NC(=O)CC(C)c2ccccc2F)cc1. The molecule has 2 rings (SSSR count). The van der Waals surface area contributed by atoms with Crippen molar-refractivity contribution in [3.05, 3.63) is 65.5 Å². The van der Waals surface area contributed by atoms with Crippen LogP contribution in [0.15, 0.2) is 53.4 Å². The predicted octanol–water partition coefficient (Wildman–Crippen LogP) is 4.37. The van der Waals surface area contributed by atoms with E-state index in [2.05, 4.69) is 5.32 Å². The highest BCUT2D eigenvalue weighted by atomic mass is 32.2. The van der Waals surface area contributed by atoms with Crippen molar-refractivity contribution in [2.24, 2.45) is 0 Å². The molecule has 2 aromatic carbocycles. The normalized spacial score (nSPS) is 13.0. The minimum absolute atomic E-state index is 0.0833. The quantitative estimate of drug-likeness (QED) is 0.672. The second-order valence-electron chi connectivity index (χ2n) is 6.12. The third kappa shape index (κ3) is 5.59. The van der Waals surface area contributed by atoms with Crippen LogP contribution in [0.25, 0.3) is 0 Å². The Morgan fingerprint density at radius 2 is 1.77 bits per heavy atom. The lowest BCUT2D eigenvalue weighted by Gasteiger charge is -2.19. The van der Waals surface area contributed by atoms with E-state index in [1.165, 1.54) is 6.07 Å². The summed E-state index contributed by atoms with van der Waals surface area (Å²) in [5.74, 6) is -1.95. The zero-order valence-corrected chi connectivity index (χ0v) is 15.6. The third-order valence-corrected chi connectivity index (χ3v) is 4.90. The first-order valence-electron chi connectivity index (χ1n) is 8.30. The number of halogens is 1. The van der Waals surface area contributed by atoms with Gasteiger partial charge in [0.1, 0.15) is 5.82 Å². The van der Waals surface area contributed by atoms with Gasteiger partial charge in [-0.25, -0.2) is 4.39 Å². The number of carboxylic acid groups (broad SMARTS) is 1. The molecule has 0 saturated heterocycles. The summed E-state index contributed by atoms with van der Waals surface area (Å²) in [4.78, 5) is 24.6. The molecule has 0 aromatic heterocycles. The Labute approximate surface area is 156 Å². The van der Waals surface area contributed by atoms with Gasteiger partial charge in [0.25, 0.3) is 0 Å². The molecule has 0 radical (unpaired) electrons. The number of hydrogen-bond donors (Lipinski definition) is 2. The van der Waals surface area contributed by atoms with Crippen LogP contribution in [0, 0.1) is 5.82 Å². The Morgan fingerprint density at radius 3 is 2.35 bits per heavy atom. The van der Waals surface area contributed by atoms with Crippen LogP contribution in [0.5, 0.6) is 0 Å². The van der Waals surface area contributed by atoms with Crippen LogP contribution in [0.4, 0.5) is 4.39 Å². The van der Waals surface area contributed by atoms with E-state index in [0.29, 0.717) is 5.56 Å². The molecule has 26 heavy (non-hydrogen) atoms. The van der Waals surface area contributed by atoms with Gasteiger partial charge >= 0.3 is 5.97 Å². The van der Waals surface area contributed by atoms with Crippen molar-refractivity contribution < 1.29 is 19.1 Å². The second kappa shape index (κ2) is 9.38. The molecule has 6 heteroatoms. The van der Waals surface area contributed by atoms with Gasteiger partial charge in [0.05, 0.1) is 12.5 Å². The van der Waals surface area contributed by atoms with Crippen molar-refractivity contribution in [2.75, 3.05) is 6.26 Å². The maximum Gasteiger partial charge on any atom is 0.305 e. The zero-order chi connectivity index (χ0) is 19.1. The molecular formula is C20H22FNO3S. The maximum absolute atomic E-state index is 13.8. The number of thioether (sulfide) groups is 1. The highest BCUT2D eigenvalue weighted by Crippen LogP contribution is 2.24. The molecule has 2 N–H and O–H groups in total. The number of nitrogens with one attached hydrogen (secondary N) is 1.